The van der Waals surface area contributed by atoms with Gasteiger partial charge in [-0.2, -0.15) is 0 Å². The molecular formula is C18H22N2O3. The summed E-state index contributed by atoms with van der Waals surface area (Å²) in [6.07, 6.45) is 0. The SMILES string of the molecule is Cc1oc(C(=O)O)cc1CN1CCN(Cc2ccccc2)CC1. The molecule has 1 fully saturated rings. The summed E-state index contributed by atoms with van der Waals surface area (Å²) in [5, 5.41) is 8.99. The maximum Gasteiger partial charge on any atom is 0.371 e. The van der Waals surface area contributed by atoms with Gasteiger partial charge in [0.2, 0.25) is 5.76 Å². The minimum Gasteiger partial charge on any atom is -0.475 e. The van der Waals surface area contributed by atoms with Crippen LogP contribution in [0, 0.1) is 6.92 Å². The first kappa shape index (κ1) is 15.8. The number of carboxylic acids is 1. The molecule has 0 atom stereocenters. The molecule has 1 saturated heterocycles. The summed E-state index contributed by atoms with van der Waals surface area (Å²) >= 11 is 0. The highest BCUT2D eigenvalue weighted by molar-refractivity contribution is 5.84. The Labute approximate surface area is 136 Å². The summed E-state index contributed by atoms with van der Waals surface area (Å²) in [4.78, 5) is 15.8. The Morgan fingerprint density at radius 3 is 2.26 bits per heavy atom. The first-order chi connectivity index (χ1) is 11.1. The van der Waals surface area contributed by atoms with Crippen LogP contribution in [0.1, 0.15) is 27.4 Å². The van der Waals surface area contributed by atoms with Crippen LogP contribution >= 0.6 is 0 Å². The molecule has 5 heteroatoms. The Balaban J connectivity index is 1.52. The minimum absolute atomic E-state index is 0.0280. The van der Waals surface area contributed by atoms with E-state index >= 15 is 0 Å². The van der Waals surface area contributed by atoms with Crippen LogP contribution in [0.2, 0.25) is 0 Å². The van der Waals surface area contributed by atoms with E-state index in [2.05, 4.69) is 34.1 Å². The molecular weight excluding hydrogens is 292 g/mol. The number of rotatable bonds is 5. The van der Waals surface area contributed by atoms with Crippen molar-refractivity contribution in [1.29, 1.82) is 0 Å². The van der Waals surface area contributed by atoms with Gasteiger partial charge in [-0.3, -0.25) is 9.80 Å². The van der Waals surface area contributed by atoms with Crippen molar-refractivity contribution in [2.45, 2.75) is 20.0 Å². The topological polar surface area (TPSA) is 56.9 Å². The Hall–Kier alpha value is -2.11. The van der Waals surface area contributed by atoms with Crippen molar-refractivity contribution in [2.24, 2.45) is 0 Å². The Morgan fingerprint density at radius 2 is 1.70 bits per heavy atom. The van der Waals surface area contributed by atoms with Crippen molar-refractivity contribution in [3.8, 4) is 0 Å². The van der Waals surface area contributed by atoms with E-state index in [0.717, 1.165) is 44.8 Å². The lowest BCUT2D eigenvalue weighted by Gasteiger charge is -2.34. The van der Waals surface area contributed by atoms with Crippen LogP contribution in [0.4, 0.5) is 0 Å². The van der Waals surface area contributed by atoms with Crippen molar-refractivity contribution in [2.75, 3.05) is 26.2 Å². The highest BCUT2D eigenvalue weighted by Crippen LogP contribution is 2.18. The molecule has 0 radical (unpaired) electrons. The quantitative estimate of drug-likeness (QED) is 0.919. The minimum atomic E-state index is -1.01. The predicted octanol–water partition coefficient (Wildman–Crippen LogP) is 2.60. The molecule has 1 aromatic heterocycles. The summed E-state index contributed by atoms with van der Waals surface area (Å²) in [6, 6.07) is 12.2. The summed E-state index contributed by atoms with van der Waals surface area (Å²) in [7, 11) is 0. The van der Waals surface area contributed by atoms with E-state index in [0.29, 0.717) is 5.76 Å². The number of benzene rings is 1. The lowest BCUT2D eigenvalue weighted by Crippen LogP contribution is -2.45. The van der Waals surface area contributed by atoms with Gasteiger partial charge in [-0.05, 0) is 18.6 Å². The smallest absolute Gasteiger partial charge is 0.371 e. The van der Waals surface area contributed by atoms with E-state index in [-0.39, 0.29) is 5.76 Å². The first-order valence-corrected chi connectivity index (χ1v) is 7.93. The van der Waals surface area contributed by atoms with Crippen molar-refractivity contribution >= 4 is 5.97 Å². The normalized spacial score (nSPS) is 16.6. The van der Waals surface area contributed by atoms with Gasteiger partial charge in [0.25, 0.3) is 0 Å². The highest BCUT2D eigenvalue weighted by atomic mass is 16.4. The van der Waals surface area contributed by atoms with Gasteiger partial charge in [0, 0.05) is 44.8 Å². The Kier molecular flexibility index (Phi) is 4.79. The molecule has 0 bridgehead atoms. The van der Waals surface area contributed by atoms with Crippen LogP contribution in [0.3, 0.4) is 0 Å². The summed E-state index contributed by atoms with van der Waals surface area (Å²) in [5.41, 5.74) is 2.32. The molecule has 23 heavy (non-hydrogen) atoms. The molecule has 5 nitrogen and oxygen atoms in total. The van der Waals surface area contributed by atoms with Crippen LogP contribution in [0.15, 0.2) is 40.8 Å². The number of aryl methyl sites for hydroxylation is 1. The summed E-state index contributed by atoms with van der Waals surface area (Å²) in [5.74, 6) is -0.277. The third-order valence-electron chi connectivity index (χ3n) is 4.34. The van der Waals surface area contributed by atoms with Gasteiger partial charge in [0.05, 0.1) is 0 Å². The average Bonchev–Trinajstić information content (AvgIpc) is 2.92. The second-order valence-electron chi connectivity index (χ2n) is 6.04. The molecule has 0 saturated carbocycles. The van der Waals surface area contributed by atoms with Crippen LogP contribution in [0.5, 0.6) is 0 Å². The van der Waals surface area contributed by atoms with E-state index in [1.54, 1.807) is 6.07 Å². The van der Waals surface area contributed by atoms with Crippen LogP contribution in [-0.4, -0.2) is 47.1 Å². The number of carbonyl (C=O) groups is 1. The number of carboxylic acid groups (broad SMARTS) is 1. The molecule has 0 aliphatic carbocycles. The number of hydrogen-bond donors (Lipinski definition) is 1. The standard InChI is InChI=1S/C18H22N2O3/c1-14-16(11-17(23-14)18(21)22)13-20-9-7-19(8-10-20)12-15-5-3-2-4-6-15/h2-6,11H,7-10,12-13H2,1H3,(H,21,22). The number of piperazine rings is 1. The summed E-state index contributed by atoms with van der Waals surface area (Å²) in [6.45, 7) is 7.59. The van der Waals surface area contributed by atoms with E-state index < -0.39 is 5.97 Å². The third-order valence-corrected chi connectivity index (χ3v) is 4.34. The van der Waals surface area contributed by atoms with Crippen LogP contribution in [0.25, 0.3) is 0 Å². The molecule has 1 aliphatic rings. The highest BCUT2D eigenvalue weighted by Gasteiger charge is 2.20. The van der Waals surface area contributed by atoms with Crippen LogP contribution in [-0.2, 0) is 13.1 Å². The van der Waals surface area contributed by atoms with Crippen molar-refractivity contribution < 1.29 is 14.3 Å². The van der Waals surface area contributed by atoms with Gasteiger partial charge < -0.3 is 9.52 Å². The van der Waals surface area contributed by atoms with Crippen molar-refractivity contribution in [3.63, 3.8) is 0 Å². The number of hydrogen-bond acceptors (Lipinski definition) is 4. The van der Waals surface area contributed by atoms with Gasteiger partial charge in [0.15, 0.2) is 0 Å². The monoisotopic (exact) mass is 314 g/mol. The number of furan rings is 1. The van der Waals surface area contributed by atoms with Crippen LogP contribution < -0.4 is 0 Å². The lowest BCUT2D eigenvalue weighted by molar-refractivity contribution is 0.0661. The second kappa shape index (κ2) is 6.98. The fourth-order valence-electron chi connectivity index (χ4n) is 2.97. The van der Waals surface area contributed by atoms with E-state index in [1.807, 2.05) is 13.0 Å². The molecule has 0 unspecified atom stereocenters. The molecule has 1 aromatic carbocycles. The van der Waals surface area contributed by atoms with Gasteiger partial charge in [-0.1, -0.05) is 30.3 Å². The fourth-order valence-corrected chi connectivity index (χ4v) is 2.97. The molecule has 2 heterocycles. The van der Waals surface area contributed by atoms with Gasteiger partial charge in [-0.25, -0.2) is 4.79 Å². The Bertz CT molecular complexity index is 658. The van der Waals surface area contributed by atoms with Gasteiger partial charge >= 0.3 is 5.97 Å². The second-order valence-corrected chi connectivity index (χ2v) is 6.04. The predicted molar refractivity (Wildman–Crippen MR) is 87.4 cm³/mol. The molecule has 122 valence electrons. The lowest BCUT2D eigenvalue weighted by atomic mass is 10.2. The Morgan fingerprint density at radius 1 is 1.09 bits per heavy atom. The number of nitrogens with zero attached hydrogens (tertiary/aromatic N) is 2. The largest absolute Gasteiger partial charge is 0.475 e. The van der Waals surface area contributed by atoms with E-state index in [1.165, 1.54) is 5.56 Å². The maximum atomic E-state index is 11.0. The zero-order chi connectivity index (χ0) is 16.2. The zero-order valence-corrected chi connectivity index (χ0v) is 13.4. The average molecular weight is 314 g/mol. The fraction of sp³-hybridized carbons (Fsp3) is 0.389. The number of aromatic carboxylic acids is 1. The molecule has 0 amide bonds. The van der Waals surface area contributed by atoms with E-state index in [9.17, 15) is 4.79 Å². The third kappa shape index (κ3) is 4.00. The first-order valence-electron chi connectivity index (χ1n) is 7.93. The molecule has 3 rings (SSSR count). The zero-order valence-electron chi connectivity index (χ0n) is 13.4. The maximum absolute atomic E-state index is 11.0. The van der Waals surface area contributed by atoms with Gasteiger partial charge in [0.1, 0.15) is 5.76 Å². The molecule has 1 aliphatic heterocycles. The molecule has 2 aromatic rings. The molecule has 0 spiro atoms. The molecule has 1 N–H and O–H groups in total. The summed E-state index contributed by atoms with van der Waals surface area (Å²) < 4.78 is 5.28. The van der Waals surface area contributed by atoms with E-state index in [4.69, 9.17) is 9.52 Å². The van der Waals surface area contributed by atoms with Crippen molar-refractivity contribution in [1.82, 2.24) is 9.80 Å². The van der Waals surface area contributed by atoms with Gasteiger partial charge in [-0.15, -0.1) is 0 Å². The van der Waals surface area contributed by atoms with Crippen molar-refractivity contribution in [3.05, 3.63) is 59.0 Å².